The van der Waals surface area contributed by atoms with Crippen LogP contribution >= 0.6 is 15.9 Å². The van der Waals surface area contributed by atoms with Gasteiger partial charge >= 0.3 is 0 Å². The molecule has 2 nitrogen and oxygen atoms in total. The zero-order chi connectivity index (χ0) is 14.9. The molecule has 1 aromatic carbocycles. The summed E-state index contributed by atoms with van der Waals surface area (Å²) in [7, 11) is 0. The molecule has 0 aromatic heterocycles. The molecule has 1 saturated heterocycles. The molecule has 0 saturated carbocycles. The van der Waals surface area contributed by atoms with Gasteiger partial charge in [0.1, 0.15) is 0 Å². The average Bonchev–Trinajstić information content (AvgIpc) is 2.37. The first-order chi connectivity index (χ1) is 9.34. The SMILES string of the molecule is CCc1cc(Br)ccc1N1CC(C)(C)NCC1C(C)C. The van der Waals surface area contributed by atoms with E-state index in [0.29, 0.717) is 12.0 Å². The zero-order valence-electron chi connectivity index (χ0n) is 13.3. The second kappa shape index (κ2) is 6.07. The number of hydrogen-bond donors (Lipinski definition) is 1. The summed E-state index contributed by atoms with van der Waals surface area (Å²) in [6, 6.07) is 7.28. The molecule has 0 radical (unpaired) electrons. The van der Waals surface area contributed by atoms with E-state index in [-0.39, 0.29) is 5.54 Å². The number of anilines is 1. The van der Waals surface area contributed by atoms with Crippen LogP contribution in [0.2, 0.25) is 0 Å². The summed E-state index contributed by atoms with van der Waals surface area (Å²) in [6.45, 7) is 13.6. The van der Waals surface area contributed by atoms with Gasteiger partial charge in [-0.3, -0.25) is 0 Å². The Labute approximate surface area is 132 Å². The van der Waals surface area contributed by atoms with E-state index in [2.05, 4.69) is 79.0 Å². The van der Waals surface area contributed by atoms with Crippen molar-refractivity contribution in [2.75, 3.05) is 18.0 Å². The fraction of sp³-hybridized carbons (Fsp3) is 0.647. The zero-order valence-corrected chi connectivity index (χ0v) is 14.9. The van der Waals surface area contributed by atoms with Crippen LogP contribution in [0.15, 0.2) is 22.7 Å². The molecule has 0 bridgehead atoms. The number of aryl methyl sites for hydroxylation is 1. The van der Waals surface area contributed by atoms with Crippen LogP contribution in [0.4, 0.5) is 5.69 Å². The molecule has 0 aliphatic carbocycles. The van der Waals surface area contributed by atoms with E-state index < -0.39 is 0 Å². The lowest BCUT2D eigenvalue weighted by atomic mass is 9.91. The second-order valence-corrected chi connectivity index (χ2v) is 7.75. The minimum atomic E-state index is 0.170. The number of nitrogens with one attached hydrogen (secondary N) is 1. The fourth-order valence-electron chi connectivity index (χ4n) is 3.07. The van der Waals surface area contributed by atoms with Crippen LogP contribution in [-0.2, 0) is 6.42 Å². The lowest BCUT2D eigenvalue weighted by Crippen LogP contribution is -2.63. The molecular formula is C17H27BrN2. The van der Waals surface area contributed by atoms with Crippen molar-refractivity contribution in [1.29, 1.82) is 0 Å². The predicted molar refractivity (Wildman–Crippen MR) is 91.6 cm³/mol. The quantitative estimate of drug-likeness (QED) is 0.887. The van der Waals surface area contributed by atoms with E-state index in [4.69, 9.17) is 0 Å². The smallest absolute Gasteiger partial charge is 0.0438 e. The second-order valence-electron chi connectivity index (χ2n) is 6.83. The maximum atomic E-state index is 3.69. The minimum absolute atomic E-state index is 0.170. The largest absolute Gasteiger partial charge is 0.365 e. The molecule has 0 spiro atoms. The van der Waals surface area contributed by atoms with Crippen molar-refractivity contribution in [1.82, 2.24) is 5.32 Å². The lowest BCUT2D eigenvalue weighted by molar-refractivity contribution is 0.277. The van der Waals surface area contributed by atoms with E-state index in [9.17, 15) is 0 Å². The monoisotopic (exact) mass is 338 g/mol. The summed E-state index contributed by atoms with van der Waals surface area (Å²) in [5, 5.41) is 3.69. The maximum Gasteiger partial charge on any atom is 0.0438 e. The standard InChI is InChI=1S/C17H27BrN2/c1-6-13-9-14(18)7-8-15(13)20-11-17(4,5)19-10-16(20)12(2)3/h7-9,12,16,19H,6,10-11H2,1-5H3. The Kier molecular flexibility index (Phi) is 4.80. The number of benzene rings is 1. The number of hydrogen-bond acceptors (Lipinski definition) is 2. The third kappa shape index (κ3) is 3.37. The number of halogens is 1. The normalized spacial score (nSPS) is 22.4. The first-order valence-corrected chi connectivity index (χ1v) is 8.43. The van der Waals surface area contributed by atoms with Crippen molar-refractivity contribution in [2.24, 2.45) is 5.92 Å². The predicted octanol–water partition coefficient (Wildman–Crippen LogP) is 4.22. The molecular weight excluding hydrogens is 312 g/mol. The Morgan fingerprint density at radius 1 is 1.40 bits per heavy atom. The molecule has 2 rings (SSSR count). The van der Waals surface area contributed by atoms with Gasteiger partial charge in [0.05, 0.1) is 0 Å². The molecule has 1 heterocycles. The van der Waals surface area contributed by atoms with Crippen molar-refractivity contribution in [2.45, 2.75) is 52.6 Å². The Hall–Kier alpha value is -0.540. The highest BCUT2D eigenvalue weighted by Gasteiger charge is 2.34. The third-order valence-electron chi connectivity index (χ3n) is 4.26. The first-order valence-electron chi connectivity index (χ1n) is 7.64. The van der Waals surface area contributed by atoms with E-state index in [1.165, 1.54) is 15.7 Å². The van der Waals surface area contributed by atoms with Crippen LogP contribution in [-0.4, -0.2) is 24.7 Å². The first kappa shape index (κ1) is 15.8. The Balaban J connectivity index is 2.40. The van der Waals surface area contributed by atoms with Gasteiger partial charge in [0.25, 0.3) is 0 Å². The molecule has 112 valence electrons. The molecule has 3 heteroatoms. The lowest BCUT2D eigenvalue weighted by Gasteiger charge is -2.48. The molecule has 20 heavy (non-hydrogen) atoms. The topological polar surface area (TPSA) is 15.3 Å². The van der Waals surface area contributed by atoms with Crippen molar-refractivity contribution in [3.8, 4) is 0 Å². The molecule has 1 unspecified atom stereocenters. The van der Waals surface area contributed by atoms with Gasteiger partial charge in [0.2, 0.25) is 0 Å². The number of nitrogens with zero attached hydrogens (tertiary/aromatic N) is 1. The highest BCUT2D eigenvalue weighted by atomic mass is 79.9. The summed E-state index contributed by atoms with van der Waals surface area (Å²) < 4.78 is 1.17. The van der Waals surface area contributed by atoms with Crippen molar-refractivity contribution < 1.29 is 0 Å². The van der Waals surface area contributed by atoms with Gasteiger partial charge in [-0.05, 0) is 49.9 Å². The average molecular weight is 339 g/mol. The number of rotatable bonds is 3. The van der Waals surface area contributed by atoms with E-state index >= 15 is 0 Å². The van der Waals surface area contributed by atoms with Crippen LogP contribution in [0.3, 0.4) is 0 Å². The fourth-order valence-corrected chi connectivity index (χ4v) is 3.48. The maximum absolute atomic E-state index is 3.69. The molecule has 1 aliphatic heterocycles. The number of piperazine rings is 1. The van der Waals surface area contributed by atoms with Crippen LogP contribution < -0.4 is 10.2 Å². The van der Waals surface area contributed by atoms with E-state index in [1.54, 1.807) is 0 Å². The van der Waals surface area contributed by atoms with Crippen molar-refractivity contribution in [3.63, 3.8) is 0 Å². The molecule has 1 N–H and O–H groups in total. The summed E-state index contributed by atoms with van der Waals surface area (Å²) in [6.07, 6.45) is 1.07. The highest BCUT2D eigenvalue weighted by molar-refractivity contribution is 9.10. The highest BCUT2D eigenvalue weighted by Crippen LogP contribution is 2.31. The van der Waals surface area contributed by atoms with Crippen LogP contribution in [0, 0.1) is 5.92 Å². The van der Waals surface area contributed by atoms with Gasteiger partial charge in [0.15, 0.2) is 0 Å². The Morgan fingerprint density at radius 3 is 2.70 bits per heavy atom. The molecule has 1 fully saturated rings. The molecule has 1 aliphatic rings. The van der Waals surface area contributed by atoms with Gasteiger partial charge in [-0.15, -0.1) is 0 Å². The van der Waals surface area contributed by atoms with Crippen LogP contribution in [0.1, 0.15) is 40.2 Å². The summed E-state index contributed by atoms with van der Waals surface area (Å²) in [4.78, 5) is 2.62. The minimum Gasteiger partial charge on any atom is -0.365 e. The molecule has 0 amide bonds. The van der Waals surface area contributed by atoms with Gasteiger partial charge < -0.3 is 10.2 Å². The van der Waals surface area contributed by atoms with Gasteiger partial charge in [-0.25, -0.2) is 0 Å². The van der Waals surface area contributed by atoms with Gasteiger partial charge in [0, 0.05) is 34.8 Å². The summed E-state index contributed by atoms with van der Waals surface area (Å²) in [5.74, 6) is 0.645. The molecule has 1 atom stereocenters. The van der Waals surface area contributed by atoms with E-state index in [1.807, 2.05) is 0 Å². The van der Waals surface area contributed by atoms with Crippen LogP contribution in [0.25, 0.3) is 0 Å². The van der Waals surface area contributed by atoms with Gasteiger partial charge in [-0.1, -0.05) is 36.7 Å². The van der Waals surface area contributed by atoms with Gasteiger partial charge in [-0.2, -0.15) is 0 Å². The summed E-state index contributed by atoms with van der Waals surface area (Å²) in [5.41, 5.74) is 3.01. The Bertz CT molecular complexity index is 468. The van der Waals surface area contributed by atoms with Crippen molar-refractivity contribution >= 4 is 21.6 Å². The third-order valence-corrected chi connectivity index (χ3v) is 4.75. The van der Waals surface area contributed by atoms with Crippen LogP contribution in [0.5, 0.6) is 0 Å². The summed E-state index contributed by atoms with van der Waals surface area (Å²) >= 11 is 3.60. The molecule has 1 aromatic rings. The Morgan fingerprint density at radius 2 is 2.10 bits per heavy atom. The van der Waals surface area contributed by atoms with E-state index in [0.717, 1.165) is 19.5 Å². The van der Waals surface area contributed by atoms with Crippen molar-refractivity contribution in [3.05, 3.63) is 28.2 Å².